The van der Waals surface area contributed by atoms with E-state index in [0.717, 1.165) is 16.8 Å². The summed E-state index contributed by atoms with van der Waals surface area (Å²) in [6, 6.07) is 17.0. The molecular formula is C23H18N4O2S2. The lowest BCUT2D eigenvalue weighted by Crippen LogP contribution is -2.13. The third-order valence-electron chi connectivity index (χ3n) is 4.81. The van der Waals surface area contributed by atoms with Crippen LogP contribution in [0.3, 0.4) is 0 Å². The van der Waals surface area contributed by atoms with Crippen LogP contribution in [0.2, 0.25) is 0 Å². The molecule has 0 radical (unpaired) electrons. The molecular weight excluding hydrogens is 428 g/mol. The molecule has 0 aliphatic heterocycles. The highest BCUT2D eigenvalue weighted by molar-refractivity contribution is 7.98. The number of carbonyl (C=O) groups excluding carboxylic acids is 1. The minimum Gasteiger partial charge on any atom is -0.321 e. The van der Waals surface area contributed by atoms with E-state index in [-0.39, 0.29) is 11.5 Å². The molecule has 0 bridgehead atoms. The molecule has 0 spiro atoms. The van der Waals surface area contributed by atoms with Crippen LogP contribution in [0.1, 0.15) is 31.9 Å². The van der Waals surface area contributed by atoms with Gasteiger partial charge in [0, 0.05) is 11.4 Å². The molecule has 2 aromatic heterocycles. The number of nitriles is 1. The minimum atomic E-state index is -0.262. The van der Waals surface area contributed by atoms with Crippen molar-refractivity contribution < 1.29 is 4.79 Å². The van der Waals surface area contributed by atoms with Crippen molar-refractivity contribution in [3.63, 3.8) is 0 Å². The van der Waals surface area contributed by atoms with Crippen molar-refractivity contribution in [2.75, 3.05) is 5.32 Å². The smallest absolute Gasteiger partial charge is 0.266 e. The maximum Gasteiger partial charge on any atom is 0.266 e. The molecule has 0 aliphatic carbocycles. The van der Waals surface area contributed by atoms with Crippen LogP contribution in [0.5, 0.6) is 0 Å². The molecule has 0 aliphatic rings. The highest BCUT2D eigenvalue weighted by Crippen LogP contribution is 2.30. The summed E-state index contributed by atoms with van der Waals surface area (Å²) in [6.45, 7) is 3.69. The Morgan fingerprint density at radius 1 is 1.23 bits per heavy atom. The van der Waals surface area contributed by atoms with Crippen LogP contribution in [0.4, 0.5) is 5.69 Å². The number of rotatable bonds is 5. The number of hydrogen-bond acceptors (Lipinski definition) is 6. The number of carbonyl (C=O) groups is 1. The van der Waals surface area contributed by atoms with Crippen molar-refractivity contribution >= 4 is 44.9 Å². The van der Waals surface area contributed by atoms with Crippen LogP contribution in [0, 0.1) is 25.2 Å². The summed E-state index contributed by atoms with van der Waals surface area (Å²) in [5.74, 6) is 0.311. The van der Waals surface area contributed by atoms with Crippen molar-refractivity contribution in [2.45, 2.75) is 24.8 Å². The molecule has 0 unspecified atom stereocenters. The molecule has 0 atom stereocenters. The van der Waals surface area contributed by atoms with Crippen LogP contribution in [-0.4, -0.2) is 15.9 Å². The molecule has 1 amide bonds. The van der Waals surface area contributed by atoms with Gasteiger partial charge in [0.25, 0.3) is 11.5 Å². The van der Waals surface area contributed by atoms with Crippen LogP contribution in [0.15, 0.2) is 58.5 Å². The molecule has 0 saturated heterocycles. The van der Waals surface area contributed by atoms with E-state index in [1.807, 2.05) is 49.4 Å². The maximum absolute atomic E-state index is 12.9. The monoisotopic (exact) mass is 446 g/mol. The number of para-hydroxylation sites is 1. The zero-order chi connectivity index (χ0) is 22.0. The van der Waals surface area contributed by atoms with Gasteiger partial charge in [-0.25, -0.2) is 4.98 Å². The van der Waals surface area contributed by atoms with Crippen LogP contribution < -0.4 is 10.9 Å². The number of aromatic nitrogens is 2. The summed E-state index contributed by atoms with van der Waals surface area (Å²) >= 11 is 2.59. The second-order valence-electron chi connectivity index (χ2n) is 6.98. The summed E-state index contributed by atoms with van der Waals surface area (Å²) in [5, 5.41) is 12.9. The van der Waals surface area contributed by atoms with Crippen LogP contribution >= 0.6 is 23.1 Å². The first kappa shape index (κ1) is 20.8. The quantitative estimate of drug-likeness (QED) is 0.331. The van der Waals surface area contributed by atoms with E-state index >= 15 is 0 Å². The highest BCUT2D eigenvalue weighted by atomic mass is 32.2. The molecule has 0 fully saturated rings. The molecule has 8 heteroatoms. The number of benzene rings is 2. The van der Waals surface area contributed by atoms with E-state index in [4.69, 9.17) is 5.26 Å². The van der Waals surface area contributed by atoms with Crippen LogP contribution in [0.25, 0.3) is 10.2 Å². The molecule has 4 rings (SSSR count). The van der Waals surface area contributed by atoms with E-state index in [1.54, 1.807) is 13.0 Å². The number of thioether (sulfide) groups is 1. The first-order valence-electron chi connectivity index (χ1n) is 9.48. The molecule has 154 valence electrons. The molecule has 2 aromatic carbocycles. The Hall–Kier alpha value is -3.41. The van der Waals surface area contributed by atoms with E-state index in [2.05, 4.69) is 21.4 Å². The third kappa shape index (κ3) is 4.38. The second-order valence-corrected chi connectivity index (χ2v) is 8.94. The number of hydrogen-bond donors (Lipinski definition) is 2. The van der Waals surface area contributed by atoms with Gasteiger partial charge >= 0.3 is 0 Å². The first-order chi connectivity index (χ1) is 15.0. The summed E-state index contributed by atoms with van der Waals surface area (Å²) in [5.41, 5.74) is 3.62. The third-order valence-corrected chi connectivity index (χ3v) is 6.94. The molecule has 4 aromatic rings. The zero-order valence-corrected chi connectivity index (χ0v) is 18.5. The topological polar surface area (TPSA) is 98.6 Å². The van der Waals surface area contributed by atoms with Crippen molar-refractivity contribution in [2.24, 2.45) is 0 Å². The van der Waals surface area contributed by atoms with Gasteiger partial charge in [-0.05, 0) is 48.7 Å². The molecule has 0 saturated carbocycles. The van der Waals surface area contributed by atoms with Gasteiger partial charge in [0.1, 0.15) is 4.83 Å². The molecule has 2 heterocycles. The van der Waals surface area contributed by atoms with Crippen molar-refractivity contribution in [3.05, 3.63) is 86.0 Å². The SMILES string of the molecule is Cc1ccccc1NC(=O)c1sc2nc(SCc3cccc(C#N)c3)[nH]c(=O)c2c1C. The Balaban J connectivity index is 1.60. The van der Waals surface area contributed by atoms with Crippen LogP contribution in [-0.2, 0) is 5.75 Å². The minimum absolute atomic E-state index is 0.253. The largest absolute Gasteiger partial charge is 0.321 e. The average molecular weight is 447 g/mol. The molecule has 31 heavy (non-hydrogen) atoms. The number of aryl methyl sites for hydroxylation is 2. The van der Waals surface area contributed by atoms with E-state index in [9.17, 15) is 9.59 Å². The number of H-pyrrole nitrogens is 1. The fourth-order valence-electron chi connectivity index (χ4n) is 3.18. The van der Waals surface area contributed by atoms with Crippen molar-refractivity contribution in [3.8, 4) is 6.07 Å². The van der Waals surface area contributed by atoms with Gasteiger partial charge in [0.15, 0.2) is 5.16 Å². The van der Waals surface area contributed by atoms with Gasteiger partial charge in [-0.3, -0.25) is 9.59 Å². The van der Waals surface area contributed by atoms with Gasteiger partial charge in [0.05, 0.1) is 21.9 Å². The number of fused-ring (bicyclic) bond motifs is 1. The number of amides is 1. The second kappa shape index (κ2) is 8.76. The first-order valence-corrected chi connectivity index (χ1v) is 11.3. The van der Waals surface area contributed by atoms with Gasteiger partial charge in [-0.1, -0.05) is 42.1 Å². The van der Waals surface area contributed by atoms with Gasteiger partial charge in [0.2, 0.25) is 0 Å². The lowest BCUT2D eigenvalue weighted by atomic mass is 10.2. The lowest BCUT2D eigenvalue weighted by molar-refractivity contribution is 0.103. The summed E-state index contributed by atoms with van der Waals surface area (Å²) in [7, 11) is 0. The molecule has 6 nitrogen and oxygen atoms in total. The number of thiophene rings is 1. The van der Waals surface area contributed by atoms with Crippen molar-refractivity contribution in [1.29, 1.82) is 5.26 Å². The Morgan fingerprint density at radius 3 is 2.81 bits per heavy atom. The normalized spacial score (nSPS) is 10.7. The summed E-state index contributed by atoms with van der Waals surface area (Å²) in [6.07, 6.45) is 0. The van der Waals surface area contributed by atoms with Gasteiger partial charge in [-0.2, -0.15) is 5.26 Å². The van der Waals surface area contributed by atoms with E-state index in [0.29, 0.717) is 37.1 Å². The van der Waals surface area contributed by atoms with E-state index in [1.165, 1.54) is 23.1 Å². The number of nitrogens with zero attached hydrogens (tertiary/aromatic N) is 2. The Bertz CT molecular complexity index is 1400. The number of nitrogens with one attached hydrogen (secondary N) is 2. The fraction of sp³-hybridized carbons (Fsp3) is 0.130. The lowest BCUT2D eigenvalue weighted by Gasteiger charge is -2.07. The number of anilines is 1. The Kier molecular flexibility index (Phi) is 5.89. The van der Waals surface area contributed by atoms with Gasteiger partial charge < -0.3 is 10.3 Å². The average Bonchev–Trinajstić information content (AvgIpc) is 3.11. The summed E-state index contributed by atoms with van der Waals surface area (Å²) < 4.78 is 0. The standard InChI is InChI=1S/C23H18N4O2S2/c1-13-6-3-4-9-17(13)25-21(29)19-14(2)18-20(28)26-23(27-22(18)31-19)30-12-16-8-5-7-15(10-16)11-24/h3-10H,12H2,1-2H3,(H,25,29)(H,26,27,28). The van der Waals surface area contributed by atoms with Crippen molar-refractivity contribution in [1.82, 2.24) is 9.97 Å². The predicted molar refractivity (Wildman–Crippen MR) is 125 cm³/mol. The summed E-state index contributed by atoms with van der Waals surface area (Å²) in [4.78, 5) is 33.9. The molecule has 2 N–H and O–H groups in total. The Morgan fingerprint density at radius 2 is 2.03 bits per heavy atom. The number of aromatic amines is 1. The highest BCUT2D eigenvalue weighted by Gasteiger charge is 2.20. The van der Waals surface area contributed by atoms with E-state index < -0.39 is 0 Å². The predicted octanol–water partition coefficient (Wildman–Crippen LogP) is 5.02. The fourth-order valence-corrected chi connectivity index (χ4v) is 5.12. The van der Waals surface area contributed by atoms with Gasteiger partial charge in [-0.15, -0.1) is 11.3 Å². The zero-order valence-electron chi connectivity index (χ0n) is 16.9. The Labute approximate surface area is 187 Å². The maximum atomic E-state index is 12.9.